The molecule has 6 aliphatic rings. The summed E-state index contributed by atoms with van der Waals surface area (Å²) < 4.78 is 61.1. The van der Waals surface area contributed by atoms with Gasteiger partial charge < -0.3 is 73.0 Å². The number of ketones is 1. The minimum atomic E-state index is -2.02. The Hall–Kier alpha value is -5.23. The lowest BCUT2D eigenvalue weighted by molar-refractivity contribution is -0.344. The van der Waals surface area contributed by atoms with Crippen molar-refractivity contribution in [2.45, 2.75) is 218 Å². The number of amides is 2. The van der Waals surface area contributed by atoms with E-state index >= 15 is 0 Å². The molecule has 482 valence electrons. The number of rotatable bonds is 22. The van der Waals surface area contributed by atoms with Gasteiger partial charge in [0.05, 0.1) is 32.0 Å². The number of hydrogen-bond acceptors (Lipinski definition) is 18. The first kappa shape index (κ1) is 67.7. The summed E-state index contributed by atoms with van der Waals surface area (Å²) in [5.41, 5.74) is 0.312. The molecule has 2 aliphatic heterocycles. The summed E-state index contributed by atoms with van der Waals surface area (Å²) in [5, 5.41) is 42.6. The zero-order valence-corrected chi connectivity index (χ0v) is 54.0. The SMILES string of the molecule is C=CCOC(=O)NCc1ccc(CNC(=O)O[C@@H]2[C@@H](OC(=O)c3ccc(OC)cc3)[C@H](O[C@@H]3[C@@H](OC(C)=O)[C@H](O[C@H]4C[C@H]5[C@@H]6CC=C7C[C@@H](O[Si](C)(C)C(C)(C)C)CC[C@]7(C)C6CC[C@]5(C)[C@@]4(O)[C@H](C)C(=O)CCC(C)C)OC[C@@H]3O)OC[C@H]2O)cc1. The highest BCUT2D eigenvalue weighted by Crippen LogP contribution is 2.69. The minimum Gasteiger partial charge on any atom is -0.497 e. The molecule has 20 nitrogen and oxygen atoms in total. The van der Waals surface area contributed by atoms with Crippen LogP contribution in [0.3, 0.4) is 0 Å². The number of benzene rings is 2. The van der Waals surface area contributed by atoms with Crippen molar-refractivity contribution in [3.05, 3.63) is 89.5 Å². The molecule has 0 bridgehead atoms. The van der Waals surface area contributed by atoms with Crippen LogP contribution in [0.2, 0.25) is 18.1 Å². The zero-order valence-electron chi connectivity index (χ0n) is 53.0. The molecular formula is C66H96N2O18Si. The molecule has 8 rings (SSSR count). The maximum Gasteiger partial charge on any atom is 0.407 e. The van der Waals surface area contributed by atoms with Crippen molar-refractivity contribution in [2.75, 3.05) is 26.9 Å². The van der Waals surface area contributed by atoms with Gasteiger partial charge in [-0.25, -0.2) is 14.4 Å². The number of ether oxygens (including phenoxy) is 9. The third kappa shape index (κ3) is 14.8. The Morgan fingerprint density at radius 1 is 0.805 bits per heavy atom. The molecule has 2 aromatic rings. The number of carbonyl (C=O) groups is 5. The van der Waals surface area contributed by atoms with Crippen LogP contribution >= 0.6 is 0 Å². The van der Waals surface area contributed by atoms with Crippen molar-refractivity contribution in [3.8, 4) is 5.75 Å². The van der Waals surface area contributed by atoms with Gasteiger partial charge in [0.2, 0.25) is 0 Å². The number of nitrogens with one attached hydrogen (secondary N) is 2. The van der Waals surface area contributed by atoms with Gasteiger partial charge in [0.25, 0.3) is 0 Å². The molecule has 0 aromatic heterocycles. The van der Waals surface area contributed by atoms with Gasteiger partial charge in [-0.1, -0.05) is 104 Å². The van der Waals surface area contributed by atoms with E-state index in [9.17, 15) is 39.3 Å². The average molecular weight is 1230 g/mol. The number of aliphatic hydroxyl groups excluding tert-OH is 2. The van der Waals surface area contributed by atoms with Crippen molar-refractivity contribution in [1.82, 2.24) is 10.6 Å². The number of Topliss-reactive ketones (excluding diaryl/α,β-unsaturated/α-hetero) is 1. The molecule has 2 aromatic carbocycles. The van der Waals surface area contributed by atoms with Crippen LogP contribution in [0, 0.1) is 40.4 Å². The third-order valence-corrected chi connectivity index (χ3v) is 25.0. The quantitative estimate of drug-likeness (QED) is 0.0318. The van der Waals surface area contributed by atoms with E-state index in [-0.39, 0.29) is 71.8 Å². The van der Waals surface area contributed by atoms with Gasteiger partial charge in [0.1, 0.15) is 42.1 Å². The van der Waals surface area contributed by atoms with Crippen LogP contribution in [-0.4, -0.2) is 147 Å². The Labute approximate surface area is 514 Å². The normalized spacial score (nSPS) is 33.5. The number of esters is 2. The molecule has 87 heavy (non-hydrogen) atoms. The van der Waals surface area contributed by atoms with E-state index in [1.807, 2.05) is 0 Å². The van der Waals surface area contributed by atoms with Crippen molar-refractivity contribution in [3.63, 3.8) is 0 Å². The Kier molecular flexibility index (Phi) is 21.7. The fraction of sp³-hybridized carbons (Fsp3) is 0.682. The van der Waals surface area contributed by atoms with E-state index < -0.39 is 118 Å². The topological polar surface area (TPSA) is 262 Å². The van der Waals surface area contributed by atoms with Crippen LogP contribution in [0.4, 0.5) is 9.59 Å². The zero-order chi connectivity index (χ0) is 63.4. The van der Waals surface area contributed by atoms with Gasteiger partial charge in [0.15, 0.2) is 39.2 Å². The first-order valence-electron chi connectivity index (χ1n) is 31.1. The van der Waals surface area contributed by atoms with E-state index in [2.05, 4.69) is 84.8 Å². The average Bonchev–Trinajstić information content (AvgIpc) is 1.59. The fourth-order valence-corrected chi connectivity index (χ4v) is 15.8. The molecular weight excluding hydrogens is 1140 g/mol. The Morgan fingerprint density at radius 3 is 2.01 bits per heavy atom. The van der Waals surface area contributed by atoms with Crippen molar-refractivity contribution >= 4 is 38.2 Å². The van der Waals surface area contributed by atoms with Crippen LogP contribution in [0.15, 0.2) is 72.8 Å². The molecule has 2 saturated heterocycles. The van der Waals surface area contributed by atoms with E-state index in [0.29, 0.717) is 36.5 Å². The van der Waals surface area contributed by atoms with Crippen molar-refractivity contribution in [2.24, 2.45) is 40.4 Å². The number of alkyl carbamates (subject to hydrolysis) is 2. The Morgan fingerprint density at radius 2 is 1.41 bits per heavy atom. The molecule has 2 heterocycles. The predicted octanol–water partition coefficient (Wildman–Crippen LogP) is 9.40. The molecule has 2 amide bonds. The van der Waals surface area contributed by atoms with Gasteiger partial charge in [-0.3, -0.25) is 9.59 Å². The molecule has 21 heteroatoms. The maximum absolute atomic E-state index is 14.5. The second-order valence-corrected chi connectivity index (χ2v) is 32.1. The smallest absolute Gasteiger partial charge is 0.407 e. The standard InChI is InChI=1S/C66H96N2O18Si/c1-14-31-78-61(74)67-34-41-16-18-42(19-17-41)35-68-62(75)85-55-52(72)37-80-60(57(55)83-58(73)43-20-23-45(77-11)24-21-43)84-54-51(71)36-79-59(56(54)81-40(5)69)82-53-33-49-47-25-22-44-32-46(86-87(12,13)63(6,7)8)27-29-64(44,9)48(47)28-30-65(49,10)66(53,76)39(4)50(70)26-15-38(2)3/h14,16-24,38-39,46-49,51-57,59-60,71-72,76H,1,15,25-37H2,2-13H3,(H,67,74)(H,68,75)/t39-,46+,47-,48?,49+,51+,52-,53+,54+,55+,56-,57-,59+,60+,64+,65+,66-/m1/s1. The molecule has 4 aliphatic carbocycles. The first-order valence-corrected chi connectivity index (χ1v) is 34.0. The summed E-state index contributed by atoms with van der Waals surface area (Å²) in [6.45, 7) is 25.9. The number of hydrogen-bond donors (Lipinski definition) is 5. The number of fused-ring (bicyclic) bond motifs is 5. The van der Waals surface area contributed by atoms with Gasteiger partial charge in [0, 0.05) is 43.9 Å². The molecule has 0 radical (unpaired) electrons. The van der Waals surface area contributed by atoms with Crippen LogP contribution in [0.25, 0.3) is 0 Å². The highest BCUT2D eigenvalue weighted by atomic mass is 28.4. The highest BCUT2D eigenvalue weighted by molar-refractivity contribution is 6.74. The predicted molar refractivity (Wildman–Crippen MR) is 323 cm³/mol. The van der Waals surface area contributed by atoms with Crippen LogP contribution in [0.1, 0.15) is 142 Å². The minimum absolute atomic E-state index is 0.0310. The number of methoxy groups -OCH3 is 1. The number of carbonyl (C=O) groups excluding carboxylic acids is 5. The first-order chi connectivity index (χ1) is 41.0. The maximum atomic E-state index is 14.5. The molecule has 3 saturated carbocycles. The summed E-state index contributed by atoms with van der Waals surface area (Å²) in [6, 6.07) is 13.0. The summed E-state index contributed by atoms with van der Waals surface area (Å²) >= 11 is 0. The highest BCUT2D eigenvalue weighted by Gasteiger charge is 2.71. The van der Waals surface area contributed by atoms with E-state index in [1.165, 1.54) is 37.8 Å². The third-order valence-electron chi connectivity index (χ3n) is 20.4. The van der Waals surface area contributed by atoms with Gasteiger partial charge in [-0.05, 0) is 134 Å². The summed E-state index contributed by atoms with van der Waals surface area (Å²) in [7, 11) is -0.548. The van der Waals surface area contributed by atoms with Crippen molar-refractivity contribution < 1.29 is 86.4 Å². The Bertz CT molecular complexity index is 2770. The van der Waals surface area contributed by atoms with Gasteiger partial charge in [-0.15, -0.1) is 0 Å². The lowest BCUT2D eigenvalue weighted by Crippen LogP contribution is -2.64. The van der Waals surface area contributed by atoms with E-state index in [0.717, 1.165) is 37.7 Å². The fourth-order valence-electron chi connectivity index (χ4n) is 14.4. The Balaban J connectivity index is 1.05. The van der Waals surface area contributed by atoms with Crippen LogP contribution < -0.4 is 15.4 Å². The van der Waals surface area contributed by atoms with E-state index in [1.54, 1.807) is 43.3 Å². The van der Waals surface area contributed by atoms with Gasteiger partial charge in [-0.2, -0.15) is 0 Å². The molecule has 17 atom stereocenters. The van der Waals surface area contributed by atoms with Crippen molar-refractivity contribution in [1.29, 1.82) is 0 Å². The monoisotopic (exact) mass is 1230 g/mol. The summed E-state index contributed by atoms with van der Waals surface area (Å²) in [5.74, 6) is -1.61. The molecule has 5 fully saturated rings. The van der Waals surface area contributed by atoms with E-state index in [4.69, 9.17) is 47.1 Å². The van der Waals surface area contributed by atoms with Crippen LogP contribution in [0.5, 0.6) is 5.75 Å². The lowest BCUT2D eigenvalue weighted by Gasteiger charge is -2.60. The number of aliphatic hydroxyl groups is 3. The largest absolute Gasteiger partial charge is 0.497 e. The second-order valence-electron chi connectivity index (χ2n) is 27.4. The molecule has 1 unspecified atom stereocenters. The number of allylic oxidation sites excluding steroid dienone is 1. The second kappa shape index (κ2) is 27.9. The summed E-state index contributed by atoms with van der Waals surface area (Å²) in [6.07, 6.45) is -4.93. The summed E-state index contributed by atoms with van der Waals surface area (Å²) in [4.78, 5) is 67.5. The molecule has 0 spiro atoms. The van der Waals surface area contributed by atoms with Crippen LogP contribution in [-0.2, 0) is 65.0 Å². The lowest BCUT2D eigenvalue weighted by atomic mass is 9.46. The van der Waals surface area contributed by atoms with Gasteiger partial charge >= 0.3 is 24.1 Å². The molecule has 5 N–H and O–H groups in total.